The molecule has 0 saturated carbocycles. The summed E-state index contributed by atoms with van der Waals surface area (Å²) < 4.78 is 26.8. The predicted octanol–water partition coefficient (Wildman–Crippen LogP) is 3.53. The van der Waals surface area contributed by atoms with Crippen molar-refractivity contribution in [3.05, 3.63) is 82.6 Å². The van der Waals surface area contributed by atoms with E-state index in [1.165, 1.54) is 17.1 Å². The van der Waals surface area contributed by atoms with Crippen molar-refractivity contribution < 1.29 is 37.9 Å². The number of esters is 1. The van der Waals surface area contributed by atoms with Gasteiger partial charge in [0.05, 0.1) is 22.6 Å². The third-order valence-corrected chi connectivity index (χ3v) is 7.89. The molecule has 2 unspecified atom stereocenters. The molecule has 4 rings (SSSR count). The Kier molecular flexibility index (Phi) is 9.33. The van der Waals surface area contributed by atoms with Crippen LogP contribution in [0.25, 0.3) is 0 Å². The fourth-order valence-electron chi connectivity index (χ4n) is 5.12. The van der Waals surface area contributed by atoms with Crippen LogP contribution in [-0.2, 0) is 37.4 Å². The van der Waals surface area contributed by atoms with Gasteiger partial charge in [0.2, 0.25) is 12.2 Å². The number of hydrogen-bond donors (Lipinski definition) is 0. The second-order valence-electron chi connectivity index (χ2n) is 9.75. The number of halogens is 1. The van der Waals surface area contributed by atoms with Gasteiger partial charge in [0.25, 0.3) is 0 Å². The van der Waals surface area contributed by atoms with Crippen molar-refractivity contribution in [3.63, 3.8) is 0 Å². The Labute approximate surface area is 247 Å². The number of aryl methyl sites for hydroxylation is 1. The Morgan fingerprint density at radius 3 is 2.60 bits per heavy atom. The summed E-state index contributed by atoms with van der Waals surface area (Å²) >= 11 is 2.21. The summed E-state index contributed by atoms with van der Waals surface area (Å²) in [6.45, 7) is 11.4. The molecule has 4 atom stereocenters. The van der Waals surface area contributed by atoms with Crippen LogP contribution in [0.5, 0.6) is 5.75 Å². The van der Waals surface area contributed by atoms with Crippen LogP contribution in [0.15, 0.2) is 73.5 Å². The number of aromatic nitrogens is 2. The Morgan fingerprint density at radius 2 is 1.93 bits per heavy atom. The largest absolute Gasteiger partial charge is 0.508 e. The summed E-state index contributed by atoms with van der Waals surface area (Å²) in [7, 11) is 1.97. The molecule has 3 heterocycles. The monoisotopic (exact) mass is 662 g/mol. The van der Waals surface area contributed by atoms with Crippen LogP contribution in [0.4, 0.5) is 4.79 Å². The number of imidazole rings is 1. The van der Waals surface area contributed by atoms with Gasteiger partial charge in [-0.3, -0.25) is 4.79 Å². The average molecular weight is 663 g/mol. The number of carbonyl (C=O) groups is 3. The number of benzene rings is 1. The molecule has 0 spiro atoms. The number of nitrogens with zero attached hydrogens (tertiary/aromatic N) is 3. The van der Waals surface area contributed by atoms with Crippen molar-refractivity contribution in [2.24, 2.45) is 18.9 Å². The van der Waals surface area contributed by atoms with Crippen LogP contribution in [0, 0.1) is 15.4 Å². The SMILES string of the molecule is C=CCOC(=O)OC(C)[C@H]1C(=O)N2C(C(=O)OCC=C)=C(COc3cc(Cn4cc[n+](C)c4)ccc3I)C(C)[C@H]12. The topological polar surface area (TPSA) is 100 Å². The maximum absolute atomic E-state index is 13.3. The number of ether oxygens (including phenoxy) is 4. The van der Waals surface area contributed by atoms with Crippen molar-refractivity contribution in [2.45, 2.75) is 32.5 Å². The van der Waals surface area contributed by atoms with Crippen LogP contribution in [-0.4, -0.2) is 59.5 Å². The van der Waals surface area contributed by atoms with E-state index < -0.39 is 24.1 Å². The Hall–Kier alpha value is -3.61. The maximum atomic E-state index is 13.3. The van der Waals surface area contributed by atoms with Gasteiger partial charge < -0.3 is 23.8 Å². The third-order valence-electron chi connectivity index (χ3n) is 7.00. The number of β-lactam (4-membered cyclic amide) rings is 1. The lowest BCUT2D eigenvalue weighted by Gasteiger charge is -2.47. The lowest BCUT2D eigenvalue weighted by Crippen LogP contribution is -2.64. The van der Waals surface area contributed by atoms with E-state index in [4.69, 9.17) is 18.9 Å². The highest BCUT2D eigenvalue weighted by Gasteiger charge is 2.61. The molecule has 10 nitrogen and oxygen atoms in total. The van der Waals surface area contributed by atoms with Crippen LogP contribution in [0.2, 0.25) is 0 Å². The van der Waals surface area contributed by atoms with Crippen LogP contribution in [0.3, 0.4) is 0 Å². The van der Waals surface area contributed by atoms with E-state index in [2.05, 4.69) is 40.3 Å². The Morgan fingerprint density at radius 1 is 1.20 bits per heavy atom. The number of amides is 1. The smallest absolute Gasteiger partial charge is 0.488 e. The Balaban J connectivity index is 1.54. The first kappa shape index (κ1) is 29.4. The van der Waals surface area contributed by atoms with Gasteiger partial charge in [-0.2, -0.15) is 0 Å². The second-order valence-corrected chi connectivity index (χ2v) is 10.9. The molecule has 0 bridgehead atoms. The molecule has 1 amide bonds. The normalized spacial score (nSPS) is 20.4. The molecule has 11 heteroatoms. The van der Waals surface area contributed by atoms with Gasteiger partial charge in [0, 0.05) is 11.5 Å². The van der Waals surface area contributed by atoms with E-state index in [9.17, 15) is 14.4 Å². The first-order valence-corrected chi connectivity index (χ1v) is 13.9. The minimum absolute atomic E-state index is 0.00247. The zero-order valence-corrected chi connectivity index (χ0v) is 24.9. The number of fused-ring (bicyclic) bond motifs is 1. The number of rotatable bonds is 12. The fourth-order valence-corrected chi connectivity index (χ4v) is 5.61. The molecule has 212 valence electrons. The van der Waals surface area contributed by atoms with Crippen LogP contribution >= 0.6 is 22.6 Å². The minimum Gasteiger partial charge on any atom is -0.488 e. The molecule has 40 heavy (non-hydrogen) atoms. The molecule has 1 saturated heterocycles. The van der Waals surface area contributed by atoms with E-state index in [1.54, 1.807) is 6.92 Å². The highest BCUT2D eigenvalue weighted by Crippen LogP contribution is 2.48. The van der Waals surface area contributed by atoms with Crippen molar-refractivity contribution in [1.82, 2.24) is 9.47 Å². The van der Waals surface area contributed by atoms with Crippen molar-refractivity contribution in [1.29, 1.82) is 0 Å². The van der Waals surface area contributed by atoms with Gasteiger partial charge in [-0.25, -0.2) is 18.7 Å². The molecule has 0 N–H and O–H groups in total. The predicted molar refractivity (Wildman–Crippen MR) is 153 cm³/mol. The van der Waals surface area contributed by atoms with Gasteiger partial charge in [-0.05, 0) is 47.2 Å². The third kappa shape index (κ3) is 6.08. The van der Waals surface area contributed by atoms with Gasteiger partial charge in [-0.1, -0.05) is 38.3 Å². The van der Waals surface area contributed by atoms with Crippen molar-refractivity contribution >= 4 is 40.6 Å². The molecular formula is C29H33IN3O7+. The van der Waals surface area contributed by atoms with Crippen molar-refractivity contribution in [2.75, 3.05) is 19.8 Å². The molecule has 0 radical (unpaired) electrons. The zero-order valence-electron chi connectivity index (χ0n) is 22.7. The lowest BCUT2D eigenvalue weighted by atomic mass is 9.77. The van der Waals surface area contributed by atoms with Crippen molar-refractivity contribution in [3.8, 4) is 5.75 Å². The summed E-state index contributed by atoms with van der Waals surface area (Å²) in [5, 5.41) is 0. The molecule has 2 aliphatic heterocycles. The van der Waals surface area contributed by atoms with Crippen LogP contribution in [0.1, 0.15) is 19.4 Å². The van der Waals surface area contributed by atoms with E-state index >= 15 is 0 Å². The minimum atomic E-state index is -0.880. The first-order chi connectivity index (χ1) is 19.2. The van der Waals surface area contributed by atoms with Gasteiger partial charge in [0.15, 0.2) is 0 Å². The quantitative estimate of drug-likeness (QED) is 0.113. The van der Waals surface area contributed by atoms with Gasteiger partial charge >= 0.3 is 12.1 Å². The van der Waals surface area contributed by atoms with E-state index in [0.29, 0.717) is 17.9 Å². The molecular weight excluding hydrogens is 629 g/mol. The molecule has 2 aromatic rings. The second kappa shape index (κ2) is 12.7. The van der Waals surface area contributed by atoms with Gasteiger partial charge in [0.1, 0.15) is 56.3 Å². The maximum Gasteiger partial charge on any atom is 0.508 e. The fraction of sp³-hybridized carbons (Fsp3) is 0.379. The molecule has 0 aliphatic carbocycles. The highest BCUT2D eigenvalue weighted by molar-refractivity contribution is 14.1. The standard InChI is InChI=1S/C29H33IN3O7/c1-6-12-37-28(35)26-21(16-39-23-14-20(8-9-22(23)30)15-32-11-10-31(5)17-32)18(3)25-24(27(34)33(25)26)19(4)40-29(36)38-13-7-2/h6-11,14,17-19,24-25H,1-2,12-13,15-16H2,3-5H3/q+1/t18?,19?,24-,25-/m1/s1. The average Bonchev–Trinajstić information content (AvgIpc) is 3.43. The summed E-state index contributed by atoms with van der Waals surface area (Å²) in [5.74, 6) is -1.16. The molecule has 1 aromatic heterocycles. The van der Waals surface area contributed by atoms with Crippen LogP contribution < -0.4 is 9.30 Å². The van der Waals surface area contributed by atoms with E-state index in [1.807, 2.05) is 55.5 Å². The molecule has 1 aromatic carbocycles. The summed E-state index contributed by atoms with van der Waals surface area (Å²) in [6, 6.07) is 5.61. The molecule has 2 aliphatic rings. The number of carbonyl (C=O) groups excluding carboxylic acids is 3. The van der Waals surface area contributed by atoms with E-state index in [0.717, 1.165) is 9.13 Å². The lowest BCUT2D eigenvalue weighted by molar-refractivity contribution is -0.671. The summed E-state index contributed by atoms with van der Waals surface area (Å²) in [4.78, 5) is 39.8. The highest BCUT2D eigenvalue weighted by atomic mass is 127. The first-order valence-electron chi connectivity index (χ1n) is 12.9. The Bertz CT molecular complexity index is 1350. The van der Waals surface area contributed by atoms with E-state index in [-0.39, 0.29) is 43.4 Å². The van der Waals surface area contributed by atoms with Gasteiger partial charge in [-0.15, -0.1) is 0 Å². The summed E-state index contributed by atoms with van der Waals surface area (Å²) in [5.41, 5.74) is 1.88. The zero-order chi connectivity index (χ0) is 29.0. The number of hydrogen-bond acceptors (Lipinski definition) is 7. The molecule has 1 fully saturated rings. The summed E-state index contributed by atoms with van der Waals surface area (Å²) in [6.07, 6.45) is 7.21.